The van der Waals surface area contributed by atoms with Crippen molar-refractivity contribution >= 4 is 39.7 Å². The number of hydrogen-bond acceptors (Lipinski definition) is 6. The molecule has 1 aromatic heterocycles. The Balaban J connectivity index is 1.33. The molecule has 0 amide bonds. The van der Waals surface area contributed by atoms with Crippen LogP contribution in [0.25, 0.3) is 10.8 Å². The Morgan fingerprint density at radius 1 is 1.20 bits per heavy atom. The van der Waals surface area contributed by atoms with Gasteiger partial charge in [-0.05, 0) is 48.3 Å². The van der Waals surface area contributed by atoms with Gasteiger partial charge in [-0.15, -0.1) is 0 Å². The van der Waals surface area contributed by atoms with E-state index in [1.54, 1.807) is 7.11 Å². The van der Waals surface area contributed by atoms with Crippen LogP contribution < -0.4 is 14.5 Å². The highest BCUT2D eigenvalue weighted by Crippen LogP contribution is 2.64. The van der Waals surface area contributed by atoms with E-state index < -0.39 is 0 Å². The number of piperidine rings is 1. The van der Waals surface area contributed by atoms with Gasteiger partial charge in [-0.2, -0.15) is 9.97 Å². The molecule has 2 fully saturated rings. The first kappa shape index (κ1) is 22.4. The average Bonchev–Trinajstić information content (AvgIpc) is 3.51. The van der Waals surface area contributed by atoms with E-state index in [9.17, 15) is 4.79 Å². The molecule has 2 aliphatic heterocycles. The number of carbonyl (C=O) groups is 1. The molecule has 2 unspecified atom stereocenters. The maximum Gasteiger partial charge on any atom is 0.318 e. The standard InChI is InChI=1S/C28H29ClN4O2/c1-4-24(34)28-12-14-33(15-20(28)17(28)2)26-19-11-13-32(16-22(19)30-27(31-26)35-3)23-10-6-8-18-7-5-9-21(29)25(18)23/h4-10,17,20H,1,11-16H2,2-3H3/t17-,20?,28?/m1/s1. The lowest BCUT2D eigenvalue weighted by Crippen LogP contribution is -2.40. The third-order valence-electron chi connectivity index (χ3n) is 8.50. The third kappa shape index (κ3) is 3.33. The molecule has 6 rings (SSSR count). The summed E-state index contributed by atoms with van der Waals surface area (Å²) >= 11 is 6.62. The maximum atomic E-state index is 12.6. The number of rotatable bonds is 5. The molecule has 2 aromatic carbocycles. The number of benzene rings is 2. The Morgan fingerprint density at radius 2 is 2.00 bits per heavy atom. The zero-order valence-electron chi connectivity index (χ0n) is 20.1. The summed E-state index contributed by atoms with van der Waals surface area (Å²) in [4.78, 5) is 26.9. The van der Waals surface area contributed by atoms with Gasteiger partial charge in [0.1, 0.15) is 5.82 Å². The van der Waals surface area contributed by atoms with E-state index in [1.807, 2.05) is 12.1 Å². The van der Waals surface area contributed by atoms with Crippen LogP contribution in [0.5, 0.6) is 6.01 Å². The molecule has 6 nitrogen and oxygen atoms in total. The van der Waals surface area contributed by atoms with Gasteiger partial charge >= 0.3 is 6.01 Å². The lowest BCUT2D eigenvalue weighted by molar-refractivity contribution is -0.120. The molecule has 1 aliphatic carbocycles. The van der Waals surface area contributed by atoms with Crippen molar-refractivity contribution in [3.63, 3.8) is 0 Å². The fourth-order valence-electron chi connectivity index (χ4n) is 6.51. The number of halogens is 1. The Hall–Kier alpha value is -3.12. The SMILES string of the molecule is C=CC(=O)C12CCN(c3nc(OC)nc4c3CCN(c3cccc5cccc(Cl)c35)C4)CC1[C@H]2C. The zero-order valence-corrected chi connectivity index (χ0v) is 20.9. The average molecular weight is 489 g/mol. The third-order valence-corrected chi connectivity index (χ3v) is 8.82. The highest BCUT2D eigenvalue weighted by atomic mass is 35.5. The second kappa shape index (κ2) is 8.23. The van der Waals surface area contributed by atoms with Crippen LogP contribution in [-0.2, 0) is 17.8 Å². The summed E-state index contributed by atoms with van der Waals surface area (Å²) in [6, 6.07) is 12.7. The van der Waals surface area contributed by atoms with Crippen LogP contribution in [-0.4, -0.2) is 42.5 Å². The molecule has 1 saturated heterocycles. The molecule has 35 heavy (non-hydrogen) atoms. The summed E-state index contributed by atoms with van der Waals surface area (Å²) in [7, 11) is 1.61. The van der Waals surface area contributed by atoms with Crippen LogP contribution in [0.2, 0.25) is 5.02 Å². The summed E-state index contributed by atoms with van der Waals surface area (Å²) in [6.45, 7) is 9.09. The minimum atomic E-state index is -0.222. The van der Waals surface area contributed by atoms with Crippen LogP contribution in [0.3, 0.4) is 0 Å². The lowest BCUT2D eigenvalue weighted by Gasteiger charge is -2.36. The second-order valence-electron chi connectivity index (χ2n) is 9.95. The number of fused-ring (bicyclic) bond motifs is 3. The Morgan fingerprint density at radius 3 is 2.74 bits per heavy atom. The van der Waals surface area contributed by atoms with Crippen LogP contribution in [0, 0.1) is 17.3 Å². The van der Waals surface area contributed by atoms with Crippen molar-refractivity contribution in [2.45, 2.75) is 26.3 Å². The van der Waals surface area contributed by atoms with E-state index in [4.69, 9.17) is 26.3 Å². The number of ketones is 1. The van der Waals surface area contributed by atoms with Crippen molar-refractivity contribution in [3.05, 3.63) is 65.3 Å². The first-order valence-electron chi connectivity index (χ1n) is 12.3. The smallest absolute Gasteiger partial charge is 0.318 e. The van der Waals surface area contributed by atoms with Gasteiger partial charge in [0, 0.05) is 41.7 Å². The van der Waals surface area contributed by atoms with Gasteiger partial charge in [0.15, 0.2) is 5.78 Å². The molecule has 7 heteroatoms. The zero-order chi connectivity index (χ0) is 24.3. The van der Waals surface area contributed by atoms with Crippen molar-refractivity contribution in [3.8, 4) is 6.01 Å². The first-order valence-corrected chi connectivity index (χ1v) is 12.6. The summed E-state index contributed by atoms with van der Waals surface area (Å²) in [5.74, 6) is 1.88. The van der Waals surface area contributed by atoms with Gasteiger partial charge in [-0.25, -0.2) is 0 Å². The lowest BCUT2D eigenvalue weighted by atomic mass is 9.89. The predicted molar refractivity (Wildman–Crippen MR) is 139 cm³/mol. The summed E-state index contributed by atoms with van der Waals surface area (Å²) in [5.41, 5.74) is 3.07. The van der Waals surface area contributed by atoms with Gasteiger partial charge in [0.25, 0.3) is 0 Å². The highest BCUT2D eigenvalue weighted by Gasteiger charge is 2.67. The van der Waals surface area contributed by atoms with Crippen molar-refractivity contribution < 1.29 is 9.53 Å². The number of carbonyl (C=O) groups excluding carboxylic acids is 1. The largest absolute Gasteiger partial charge is 0.467 e. The molecule has 0 radical (unpaired) electrons. The van der Waals surface area contributed by atoms with E-state index in [2.05, 4.69) is 47.6 Å². The van der Waals surface area contributed by atoms with Crippen molar-refractivity contribution in [1.82, 2.24) is 9.97 Å². The molecule has 1 saturated carbocycles. The molecule has 180 valence electrons. The Bertz CT molecular complexity index is 1350. The molecular weight excluding hydrogens is 460 g/mol. The number of methoxy groups -OCH3 is 1. The summed E-state index contributed by atoms with van der Waals surface area (Å²) in [5, 5.41) is 2.96. The van der Waals surface area contributed by atoms with Gasteiger partial charge in [0.2, 0.25) is 0 Å². The Labute approximate surface area is 210 Å². The molecule has 0 bridgehead atoms. The fraction of sp³-hybridized carbons (Fsp3) is 0.393. The monoisotopic (exact) mass is 488 g/mol. The van der Waals surface area contributed by atoms with Gasteiger partial charge < -0.3 is 14.5 Å². The topological polar surface area (TPSA) is 58.6 Å². The minimum Gasteiger partial charge on any atom is -0.467 e. The fourth-order valence-corrected chi connectivity index (χ4v) is 6.79. The van der Waals surface area contributed by atoms with Crippen molar-refractivity contribution in [2.75, 3.05) is 36.5 Å². The van der Waals surface area contributed by atoms with Crippen molar-refractivity contribution in [2.24, 2.45) is 17.3 Å². The van der Waals surface area contributed by atoms with Crippen LogP contribution in [0.1, 0.15) is 24.6 Å². The van der Waals surface area contributed by atoms with Gasteiger partial charge in [-0.1, -0.05) is 49.4 Å². The number of anilines is 2. The van der Waals surface area contributed by atoms with E-state index in [1.165, 1.54) is 11.6 Å². The van der Waals surface area contributed by atoms with E-state index >= 15 is 0 Å². The molecule has 3 heterocycles. The number of hydrogen-bond donors (Lipinski definition) is 0. The normalized spacial score (nSPS) is 25.1. The predicted octanol–water partition coefficient (Wildman–Crippen LogP) is 5.07. The van der Waals surface area contributed by atoms with E-state index in [-0.39, 0.29) is 11.2 Å². The summed E-state index contributed by atoms with van der Waals surface area (Å²) in [6.07, 6.45) is 3.18. The molecule has 3 atom stereocenters. The maximum absolute atomic E-state index is 12.6. The number of allylic oxidation sites excluding steroid dienone is 1. The van der Waals surface area contributed by atoms with Gasteiger partial charge in [-0.3, -0.25) is 4.79 Å². The quantitative estimate of drug-likeness (QED) is 0.467. The minimum absolute atomic E-state index is 0.196. The number of nitrogens with zero attached hydrogens (tertiary/aromatic N) is 4. The van der Waals surface area contributed by atoms with E-state index in [0.29, 0.717) is 24.4 Å². The van der Waals surface area contributed by atoms with Crippen LogP contribution in [0.15, 0.2) is 49.1 Å². The number of ether oxygens (including phenoxy) is 1. The highest BCUT2D eigenvalue weighted by molar-refractivity contribution is 6.36. The molecule has 0 spiro atoms. The molecular formula is C28H29ClN4O2. The summed E-state index contributed by atoms with van der Waals surface area (Å²) < 4.78 is 5.52. The van der Waals surface area contributed by atoms with Crippen LogP contribution in [0.4, 0.5) is 11.5 Å². The Kier molecular flexibility index (Phi) is 5.26. The first-order chi connectivity index (χ1) is 17.0. The molecule has 3 aliphatic rings. The molecule has 0 N–H and O–H groups in total. The second-order valence-corrected chi connectivity index (χ2v) is 10.4. The number of aromatic nitrogens is 2. The van der Waals surface area contributed by atoms with Crippen LogP contribution >= 0.6 is 11.6 Å². The molecule has 3 aromatic rings. The van der Waals surface area contributed by atoms with E-state index in [0.717, 1.165) is 65.5 Å². The van der Waals surface area contributed by atoms with Gasteiger partial charge in [0.05, 0.1) is 24.4 Å². The van der Waals surface area contributed by atoms with Crippen molar-refractivity contribution in [1.29, 1.82) is 0 Å².